The van der Waals surface area contributed by atoms with Crippen LogP contribution in [0.1, 0.15) is 47.1 Å². The Kier molecular flexibility index (Phi) is 9.31. The Morgan fingerprint density at radius 2 is 1.71 bits per heavy atom. The summed E-state index contributed by atoms with van der Waals surface area (Å²) in [6, 6.07) is 4.23. The first-order chi connectivity index (χ1) is 14.1. The Hall–Kier alpha value is -2.33. The van der Waals surface area contributed by atoms with Crippen LogP contribution in [0, 0.1) is 0 Å². The minimum absolute atomic E-state index is 0.114. The third kappa shape index (κ3) is 10.0. The van der Waals surface area contributed by atoms with Gasteiger partial charge in [0.1, 0.15) is 11.6 Å². The molecule has 0 bridgehead atoms. The molecule has 31 heavy (non-hydrogen) atoms. The van der Waals surface area contributed by atoms with Crippen LogP contribution in [0.3, 0.4) is 0 Å². The molecule has 1 aromatic carbocycles. The molecule has 2 atom stereocenters. The molecule has 1 unspecified atom stereocenters. The van der Waals surface area contributed by atoms with Crippen molar-refractivity contribution in [3.05, 3.63) is 29.8 Å². The van der Waals surface area contributed by atoms with Crippen LogP contribution in [-0.2, 0) is 34.5 Å². The van der Waals surface area contributed by atoms with Crippen molar-refractivity contribution in [3.8, 4) is 0 Å². The zero-order valence-electron chi connectivity index (χ0n) is 18.4. The Morgan fingerprint density at radius 3 is 2.23 bits per heavy atom. The van der Waals surface area contributed by atoms with Crippen molar-refractivity contribution in [2.24, 2.45) is 0 Å². The summed E-state index contributed by atoms with van der Waals surface area (Å²) in [7, 11) is 1.40. The van der Waals surface area contributed by atoms with Gasteiger partial charge in [0.05, 0.1) is 4.90 Å². The van der Waals surface area contributed by atoms with Crippen LogP contribution in [0.2, 0.25) is 0 Å². The molecule has 2 amide bonds. The van der Waals surface area contributed by atoms with Gasteiger partial charge in [-0.2, -0.15) is 0 Å². The monoisotopic (exact) mass is 476 g/mol. The van der Waals surface area contributed by atoms with E-state index in [-0.39, 0.29) is 17.4 Å². The second kappa shape index (κ2) is 10.8. The van der Waals surface area contributed by atoms with Crippen LogP contribution in [0.5, 0.6) is 0 Å². The van der Waals surface area contributed by atoms with Crippen LogP contribution < -0.4 is 10.6 Å². The van der Waals surface area contributed by atoms with Gasteiger partial charge in [-0.05, 0) is 59.2 Å². The maximum Gasteiger partial charge on any atom is 0.408 e. The van der Waals surface area contributed by atoms with Gasteiger partial charge in [0.25, 0.3) is 15.0 Å². The standard InChI is InChI=1S/C20H29ClN2O7S/c1-12(2)22-17(24)13(3)29-18(25)16(23-19(26)30-20(4,5)6)11-14-8-7-9-15(10-14)31(21,27)28/h7-10,12-13,16H,11H2,1-6H3,(H,22,24)(H,23,26)/t13?,16-/m0/s1. The van der Waals surface area contributed by atoms with E-state index in [0.717, 1.165) is 0 Å². The Balaban J connectivity index is 3.07. The van der Waals surface area contributed by atoms with E-state index < -0.39 is 44.8 Å². The number of rotatable bonds is 8. The number of amides is 2. The average Bonchev–Trinajstić information content (AvgIpc) is 2.58. The third-order valence-corrected chi connectivity index (χ3v) is 5.04. The zero-order chi connectivity index (χ0) is 24.0. The third-order valence-electron chi connectivity index (χ3n) is 3.69. The van der Waals surface area contributed by atoms with Gasteiger partial charge in [0.2, 0.25) is 0 Å². The molecule has 0 aliphatic rings. The minimum Gasteiger partial charge on any atom is -0.451 e. The number of benzene rings is 1. The number of hydrogen-bond acceptors (Lipinski definition) is 7. The fourth-order valence-corrected chi connectivity index (χ4v) is 3.24. The van der Waals surface area contributed by atoms with Gasteiger partial charge in [-0.15, -0.1) is 0 Å². The van der Waals surface area contributed by atoms with E-state index in [2.05, 4.69) is 10.6 Å². The summed E-state index contributed by atoms with van der Waals surface area (Å²) in [5.74, 6) is -1.37. The topological polar surface area (TPSA) is 128 Å². The molecule has 1 rings (SSSR count). The van der Waals surface area contributed by atoms with E-state index in [1.165, 1.54) is 25.1 Å². The van der Waals surface area contributed by atoms with E-state index in [4.69, 9.17) is 20.2 Å². The summed E-state index contributed by atoms with van der Waals surface area (Å²) >= 11 is 0. The van der Waals surface area contributed by atoms with E-state index >= 15 is 0 Å². The molecule has 0 saturated carbocycles. The fraction of sp³-hybridized carbons (Fsp3) is 0.550. The molecule has 174 valence electrons. The normalized spacial score (nSPS) is 13.8. The first kappa shape index (κ1) is 26.7. The molecule has 0 aromatic heterocycles. The number of ether oxygens (including phenoxy) is 2. The first-order valence-electron chi connectivity index (χ1n) is 9.62. The Labute approximate surface area is 187 Å². The largest absolute Gasteiger partial charge is 0.451 e. The van der Waals surface area contributed by atoms with Gasteiger partial charge in [-0.25, -0.2) is 18.0 Å². The molecule has 0 saturated heterocycles. The van der Waals surface area contributed by atoms with E-state index in [1.807, 2.05) is 0 Å². The van der Waals surface area contributed by atoms with Gasteiger partial charge >= 0.3 is 12.1 Å². The second-order valence-corrected chi connectivity index (χ2v) is 10.8. The van der Waals surface area contributed by atoms with Crippen LogP contribution in [0.25, 0.3) is 0 Å². The lowest BCUT2D eigenvalue weighted by molar-refractivity contribution is -0.157. The minimum atomic E-state index is -3.98. The van der Waals surface area contributed by atoms with Crippen molar-refractivity contribution in [2.45, 2.75) is 76.6 Å². The summed E-state index contributed by atoms with van der Waals surface area (Å²) in [6.45, 7) is 9.91. The number of carbonyl (C=O) groups excluding carboxylic acids is 3. The van der Waals surface area contributed by atoms with Crippen molar-refractivity contribution in [2.75, 3.05) is 0 Å². The highest BCUT2D eigenvalue weighted by Crippen LogP contribution is 2.18. The predicted octanol–water partition coefficient (Wildman–Crippen LogP) is 2.51. The second-order valence-electron chi connectivity index (χ2n) is 8.23. The highest BCUT2D eigenvalue weighted by Gasteiger charge is 2.29. The molecule has 11 heteroatoms. The van der Waals surface area contributed by atoms with Crippen molar-refractivity contribution < 1.29 is 32.3 Å². The quantitative estimate of drug-likeness (QED) is 0.435. The molecule has 9 nitrogen and oxygen atoms in total. The fourth-order valence-electron chi connectivity index (χ4n) is 2.41. The number of carbonyl (C=O) groups is 3. The van der Waals surface area contributed by atoms with Crippen molar-refractivity contribution >= 4 is 37.7 Å². The number of hydrogen-bond donors (Lipinski definition) is 2. The molecule has 0 heterocycles. The van der Waals surface area contributed by atoms with Crippen molar-refractivity contribution in [1.29, 1.82) is 0 Å². The van der Waals surface area contributed by atoms with Crippen molar-refractivity contribution in [3.63, 3.8) is 0 Å². The Bertz CT molecular complexity index is 910. The average molecular weight is 477 g/mol. The zero-order valence-corrected chi connectivity index (χ0v) is 20.0. The van der Waals surface area contributed by atoms with Gasteiger partial charge in [0, 0.05) is 23.1 Å². The highest BCUT2D eigenvalue weighted by molar-refractivity contribution is 8.13. The SMILES string of the molecule is CC(C)NC(=O)C(C)OC(=O)[C@H](Cc1cccc(S(=O)(=O)Cl)c1)NC(=O)OC(C)(C)C. The van der Waals surface area contributed by atoms with E-state index in [0.29, 0.717) is 5.56 Å². The van der Waals surface area contributed by atoms with Gasteiger partial charge in [-0.1, -0.05) is 12.1 Å². The molecule has 2 N–H and O–H groups in total. The lowest BCUT2D eigenvalue weighted by Gasteiger charge is -2.24. The first-order valence-corrected chi connectivity index (χ1v) is 11.9. The van der Waals surface area contributed by atoms with Crippen molar-refractivity contribution in [1.82, 2.24) is 10.6 Å². The molecule has 0 fully saturated rings. The van der Waals surface area contributed by atoms with E-state index in [9.17, 15) is 22.8 Å². The summed E-state index contributed by atoms with van der Waals surface area (Å²) in [5.41, 5.74) is -0.408. The number of halogens is 1. The molecule has 0 radical (unpaired) electrons. The molecular weight excluding hydrogens is 448 g/mol. The number of esters is 1. The molecule has 0 aliphatic carbocycles. The summed E-state index contributed by atoms with van der Waals surface area (Å²) in [4.78, 5) is 36.8. The molecule has 1 aromatic rings. The molecule has 0 aliphatic heterocycles. The summed E-state index contributed by atoms with van der Waals surface area (Å²) < 4.78 is 33.6. The predicted molar refractivity (Wildman–Crippen MR) is 115 cm³/mol. The Morgan fingerprint density at radius 1 is 1.10 bits per heavy atom. The molecular formula is C20H29ClN2O7S. The molecule has 0 spiro atoms. The van der Waals surface area contributed by atoms with Crippen LogP contribution >= 0.6 is 10.7 Å². The summed E-state index contributed by atoms with van der Waals surface area (Å²) in [5, 5.41) is 5.04. The summed E-state index contributed by atoms with van der Waals surface area (Å²) in [6.07, 6.45) is -2.08. The smallest absolute Gasteiger partial charge is 0.408 e. The van der Waals surface area contributed by atoms with E-state index in [1.54, 1.807) is 40.7 Å². The lowest BCUT2D eigenvalue weighted by atomic mass is 10.1. The van der Waals surface area contributed by atoms with Crippen LogP contribution in [0.15, 0.2) is 29.2 Å². The number of alkyl carbamates (subject to hydrolysis) is 1. The van der Waals surface area contributed by atoms with Gasteiger partial charge < -0.3 is 20.1 Å². The highest BCUT2D eigenvalue weighted by atomic mass is 35.7. The van der Waals surface area contributed by atoms with Crippen LogP contribution in [-0.4, -0.2) is 50.2 Å². The maximum atomic E-state index is 12.7. The number of nitrogens with one attached hydrogen (secondary N) is 2. The maximum absolute atomic E-state index is 12.7. The lowest BCUT2D eigenvalue weighted by Crippen LogP contribution is -2.48. The van der Waals surface area contributed by atoms with Gasteiger partial charge in [0.15, 0.2) is 6.10 Å². The van der Waals surface area contributed by atoms with Crippen LogP contribution in [0.4, 0.5) is 4.79 Å². The van der Waals surface area contributed by atoms with Gasteiger partial charge in [-0.3, -0.25) is 4.79 Å².